The monoisotopic (exact) mass is 453 g/mol. The number of nitrogens with zero attached hydrogens (tertiary/aromatic N) is 5. The summed E-state index contributed by atoms with van der Waals surface area (Å²) in [6.45, 7) is 1.60. The molecule has 0 spiro atoms. The Morgan fingerprint density at radius 1 is 1.08 bits per heavy atom. The van der Waals surface area contributed by atoms with Gasteiger partial charge in [0.05, 0.1) is 10.0 Å². The predicted octanol–water partition coefficient (Wildman–Crippen LogP) is 4.81. The highest BCUT2D eigenvalue weighted by atomic mass is 35.6. The van der Waals surface area contributed by atoms with Gasteiger partial charge >= 0.3 is 0 Å². The van der Waals surface area contributed by atoms with E-state index in [4.69, 9.17) is 58.0 Å². The molecule has 1 unspecified atom stereocenters. The van der Waals surface area contributed by atoms with Gasteiger partial charge in [-0.15, -0.1) is 0 Å². The second kappa shape index (κ2) is 7.82. The number of alkyl halides is 3. The Kier molecular flexibility index (Phi) is 6.07. The van der Waals surface area contributed by atoms with Crippen molar-refractivity contribution in [3.63, 3.8) is 0 Å². The van der Waals surface area contributed by atoms with Crippen LogP contribution in [0.15, 0.2) is 18.2 Å². The summed E-state index contributed by atoms with van der Waals surface area (Å²) >= 11 is 30.2. The van der Waals surface area contributed by atoms with E-state index in [2.05, 4.69) is 38.8 Å². The van der Waals surface area contributed by atoms with Crippen molar-refractivity contribution in [1.82, 2.24) is 19.9 Å². The normalized spacial score (nSPS) is 18.0. The van der Waals surface area contributed by atoms with Crippen molar-refractivity contribution in [2.24, 2.45) is 0 Å². The largest absolute Gasteiger partial charge is 0.339 e. The number of hydrogen-bond acceptors (Lipinski definition) is 5. The first-order valence-corrected chi connectivity index (χ1v) is 9.74. The summed E-state index contributed by atoms with van der Waals surface area (Å²) in [5.41, 5.74) is 0.668. The molecule has 1 fully saturated rings. The van der Waals surface area contributed by atoms with E-state index in [-0.39, 0.29) is 5.82 Å². The molecule has 2 aromatic rings. The standard InChI is InChI=1S/C16H16Cl5N5/c1-25(2)10-5-6-26(8-10)15-23-13(22-14(24-15)16(19,20)21)9-3-4-11(17)12(18)7-9/h3-4,7,10H,5-6,8H2,1-2H3. The van der Waals surface area contributed by atoms with E-state index in [0.717, 1.165) is 19.5 Å². The van der Waals surface area contributed by atoms with Gasteiger partial charge in [-0.3, -0.25) is 0 Å². The minimum Gasteiger partial charge on any atom is -0.339 e. The maximum Gasteiger partial charge on any atom is 0.250 e. The zero-order chi connectivity index (χ0) is 19.1. The molecule has 1 aromatic heterocycles. The first-order valence-electron chi connectivity index (χ1n) is 7.85. The summed E-state index contributed by atoms with van der Waals surface area (Å²) in [5, 5.41) is 0.843. The van der Waals surface area contributed by atoms with Crippen LogP contribution >= 0.6 is 58.0 Å². The van der Waals surface area contributed by atoms with Crippen molar-refractivity contribution in [1.29, 1.82) is 0 Å². The molecule has 5 nitrogen and oxygen atoms in total. The Morgan fingerprint density at radius 3 is 2.38 bits per heavy atom. The van der Waals surface area contributed by atoms with Crippen molar-refractivity contribution in [3.8, 4) is 11.4 Å². The van der Waals surface area contributed by atoms with Crippen LogP contribution in [0.2, 0.25) is 10.0 Å². The van der Waals surface area contributed by atoms with E-state index in [0.29, 0.717) is 33.4 Å². The lowest BCUT2D eigenvalue weighted by Crippen LogP contribution is -2.32. The van der Waals surface area contributed by atoms with Gasteiger partial charge in [0.1, 0.15) is 0 Å². The molecule has 140 valence electrons. The van der Waals surface area contributed by atoms with Crippen LogP contribution in [-0.4, -0.2) is 53.1 Å². The fourth-order valence-electron chi connectivity index (χ4n) is 2.74. The zero-order valence-corrected chi connectivity index (χ0v) is 17.8. The van der Waals surface area contributed by atoms with E-state index in [1.54, 1.807) is 18.2 Å². The topological polar surface area (TPSA) is 45.2 Å². The highest BCUT2D eigenvalue weighted by Crippen LogP contribution is 2.38. The maximum atomic E-state index is 6.12. The van der Waals surface area contributed by atoms with Crippen molar-refractivity contribution < 1.29 is 0 Å². The molecule has 1 aromatic carbocycles. The molecule has 26 heavy (non-hydrogen) atoms. The molecule has 0 radical (unpaired) electrons. The zero-order valence-electron chi connectivity index (χ0n) is 14.1. The van der Waals surface area contributed by atoms with Gasteiger partial charge in [-0.05, 0) is 38.7 Å². The van der Waals surface area contributed by atoms with Gasteiger partial charge in [-0.2, -0.15) is 9.97 Å². The molecule has 2 heterocycles. The maximum absolute atomic E-state index is 6.12. The molecule has 1 aliphatic rings. The third-order valence-electron chi connectivity index (χ3n) is 4.23. The lowest BCUT2D eigenvalue weighted by atomic mass is 10.2. The number of likely N-dealkylation sites (N-methyl/N-ethyl adjacent to an activating group) is 1. The molecule has 3 rings (SSSR count). The van der Waals surface area contributed by atoms with Crippen LogP contribution in [0.25, 0.3) is 11.4 Å². The van der Waals surface area contributed by atoms with Gasteiger partial charge in [0.15, 0.2) is 11.6 Å². The summed E-state index contributed by atoms with van der Waals surface area (Å²) in [4.78, 5) is 17.5. The smallest absolute Gasteiger partial charge is 0.250 e. The highest BCUT2D eigenvalue weighted by Gasteiger charge is 2.31. The first kappa shape index (κ1) is 20.2. The second-order valence-corrected chi connectivity index (χ2v) is 9.36. The van der Waals surface area contributed by atoms with E-state index in [9.17, 15) is 0 Å². The summed E-state index contributed by atoms with van der Waals surface area (Å²) in [6, 6.07) is 5.53. The molecule has 1 aliphatic heterocycles. The lowest BCUT2D eigenvalue weighted by molar-refractivity contribution is 0.315. The van der Waals surface area contributed by atoms with E-state index in [1.165, 1.54) is 0 Å². The van der Waals surface area contributed by atoms with Crippen LogP contribution in [0, 0.1) is 0 Å². The molecule has 1 saturated heterocycles. The summed E-state index contributed by atoms with van der Waals surface area (Å²) < 4.78 is -1.76. The number of benzene rings is 1. The van der Waals surface area contributed by atoms with Crippen molar-refractivity contribution in [2.75, 3.05) is 32.1 Å². The fourth-order valence-corrected chi connectivity index (χ4v) is 3.29. The van der Waals surface area contributed by atoms with Crippen LogP contribution < -0.4 is 4.90 Å². The predicted molar refractivity (Wildman–Crippen MR) is 109 cm³/mol. The molecule has 10 heteroatoms. The summed E-state index contributed by atoms with van der Waals surface area (Å²) in [5.74, 6) is 0.928. The molecule has 1 atom stereocenters. The third-order valence-corrected chi connectivity index (χ3v) is 5.48. The fraction of sp³-hybridized carbons (Fsp3) is 0.438. The van der Waals surface area contributed by atoms with Gasteiger partial charge in [-0.25, -0.2) is 4.98 Å². The average molecular weight is 456 g/mol. The van der Waals surface area contributed by atoms with E-state index in [1.807, 2.05) is 0 Å². The average Bonchev–Trinajstić information content (AvgIpc) is 3.06. The van der Waals surface area contributed by atoms with Gasteiger partial charge in [-0.1, -0.05) is 58.0 Å². The van der Waals surface area contributed by atoms with Crippen molar-refractivity contribution >= 4 is 64.0 Å². The van der Waals surface area contributed by atoms with Crippen LogP contribution in [0.4, 0.5) is 5.95 Å². The summed E-state index contributed by atoms with van der Waals surface area (Å²) in [6.07, 6.45) is 1.00. The number of aromatic nitrogens is 3. The lowest BCUT2D eigenvalue weighted by Gasteiger charge is -2.21. The number of rotatable bonds is 3. The van der Waals surface area contributed by atoms with Gasteiger partial charge in [0.2, 0.25) is 9.74 Å². The molecule has 0 aliphatic carbocycles. The van der Waals surface area contributed by atoms with Crippen LogP contribution in [0.3, 0.4) is 0 Å². The Bertz CT molecular complexity index is 808. The van der Waals surface area contributed by atoms with Gasteiger partial charge in [0.25, 0.3) is 0 Å². The molecule has 0 N–H and O–H groups in total. The minimum atomic E-state index is -1.76. The second-order valence-electron chi connectivity index (χ2n) is 6.26. The van der Waals surface area contributed by atoms with Crippen LogP contribution in [0.1, 0.15) is 12.2 Å². The molecule has 0 bridgehead atoms. The number of anilines is 1. The Balaban J connectivity index is 2.04. The van der Waals surface area contributed by atoms with Gasteiger partial charge in [0, 0.05) is 24.7 Å². The molecular formula is C16H16Cl5N5. The van der Waals surface area contributed by atoms with Gasteiger partial charge < -0.3 is 9.80 Å². The van der Waals surface area contributed by atoms with Crippen LogP contribution in [0.5, 0.6) is 0 Å². The van der Waals surface area contributed by atoms with Crippen molar-refractivity contribution in [3.05, 3.63) is 34.1 Å². The quantitative estimate of drug-likeness (QED) is 0.622. The Hall–Kier alpha value is -0.560. The highest BCUT2D eigenvalue weighted by molar-refractivity contribution is 6.66. The third kappa shape index (κ3) is 4.46. The van der Waals surface area contributed by atoms with E-state index >= 15 is 0 Å². The van der Waals surface area contributed by atoms with Crippen molar-refractivity contribution in [2.45, 2.75) is 16.3 Å². The Morgan fingerprint density at radius 2 is 1.81 bits per heavy atom. The SMILES string of the molecule is CN(C)C1CCN(c2nc(-c3ccc(Cl)c(Cl)c3)nc(C(Cl)(Cl)Cl)n2)C1. The summed E-state index contributed by atoms with van der Waals surface area (Å²) in [7, 11) is 4.10. The molecule has 0 saturated carbocycles. The first-order chi connectivity index (χ1) is 12.1. The molecule has 0 amide bonds. The van der Waals surface area contributed by atoms with E-state index < -0.39 is 3.79 Å². The molecular weight excluding hydrogens is 439 g/mol. The number of hydrogen-bond donors (Lipinski definition) is 0. The van der Waals surface area contributed by atoms with Crippen LogP contribution in [-0.2, 0) is 3.79 Å². The number of halogens is 5. The Labute approximate surface area is 177 Å². The minimum absolute atomic E-state index is 0.0712.